The third-order valence-electron chi connectivity index (χ3n) is 5.03. The van der Waals surface area contributed by atoms with Crippen molar-refractivity contribution in [3.05, 3.63) is 34.7 Å². The van der Waals surface area contributed by atoms with Gasteiger partial charge in [0.1, 0.15) is 0 Å². The van der Waals surface area contributed by atoms with E-state index in [1.807, 2.05) is 11.3 Å². The lowest BCUT2D eigenvalue weighted by molar-refractivity contribution is 0.269. The first-order chi connectivity index (χ1) is 10.1. The third-order valence-corrected chi connectivity index (χ3v) is 6.49. The molecule has 0 amide bonds. The van der Waals surface area contributed by atoms with Crippen LogP contribution in [0.15, 0.2) is 24.3 Å². The number of benzene rings is 1. The molecule has 3 atom stereocenters. The Hall–Kier alpha value is -0.860. The molecule has 1 N–H and O–H groups in total. The second-order valence-corrected chi connectivity index (χ2v) is 7.94. The summed E-state index contributed by atoms with van der Waals surface area (Å²) in [6.45, 7) is 8.18. The first-order valence-electron chi connectivity index (χ1n) is 8.36. The quantitative estimate of drug-likeness (QED) is 0.765. The summed E-state index contributed by atoms with van der Waals surface area (Å²) in [6.07, 6.45) is 5.67. The molecule has 1 fully saturated rings. The van der Waals surface area contributed by atoms with Crippen LogP contribution in [0.2, 0.25) is 0 Å². The summed E-state index contributed by atoms with van der Waals surface area (Å²) in [5.74, 6) is 1.80. The molecule has 2 heteroatoms. The van der Waals surface area contributed by atoms with Crippen LogP contribution in [-0.4, -0.2) is 6.54 Å². The normalized spacial score (nSPS) is 24.3. The molecule has 1 aliphatic carbocycles. The van der Waals surface area contributed by atoms with E-state index in [9.17, 15) is 0 Å². The van der Waals surface area contributed by atoms with Gasteiger partial charge in [0.25, 0.3) is 0 Å². The fourth-order valence-corrected chi connectivity index (χ4v) is 5.03. The lowest BCUT2D eigenvalue weighted by Gasteiger charge is -2.28. The monoisotopic (exact) mass is 301 g/mol. The molecular formula is C19H27NS. The largest absolute Gasteiger partial charge is 0.309 e. The molecule has 1 aliphatic rings. The Bertz CT molecular complexity index is 601. The predicted octanol–water partition coefficient (Wildman–Crippen LogP) is 5.69. The summed E-state index contributed by atoms with van der Waals surface area (Å²) in [7, 11) is 0. The van der Waals surface area contributed by atoms with Gasteiger partial charge in [-0.1, -0.05) is 38.0 Å². The summed E-state index contributed by atoms with van der Waals surface area (Å²) in [6, 6.07) is 9.25. The van der Waals surface area contributed by atoms with Crippen molar-refractivity contribution in [2.24, 2.45) is 11.8 Å². The van der Waals surface area contributed by atoms with Crippen molar-refractivity contribution in [2.45, 2.75) is 52.5 Å². The van der Waals surface area contributed by atoms with E-state index in [0.717, 1.165) is 11.8 Å². The van der Waals surface area contributed by atoms with Crippen molar-refractivity contribution in [3.8, 4) is 0 Å². The zero-order valence-electron chi connectivity index (χ0n) is 13.5. The van der Waals surface area contributed by atoms with E-state index in [-0.39, 0.29) is 0 Å². The molecule has 1 saturated carbocycles. The Labute approximate surface area is 132 Å². The number of aryl methyl sites for hydroxylation is 1. The van der Waals surface area contributed by atoms with Gasteiger partial charge in [-0.25, -0.2) is 0 Å². The topological polar surface area (TPSA) is 12.0 Å². The van der Waals surface area contributed by atoms with Crippen LogP contribution in [0.1, 0.15) is 56.0 Å². The number of rotatable bonds is 4. The van der Waals surface area contributed by atoms with Crippen LogP contribution < -0.4 is 5.32 Å². The first-order valence-corrected chi connectivity index (χ1v) is 9.18. The molecular weight excluding hydrogens is 274 g/mol. The van der Waals surface area contributed by atoms with Crippen molar-refractivity contribution in [1.29, 1.82) is 0 Å². The van der Waals surface area contributed by atoms with Gasteiger partial charge in [-0.2, -0.15) is 0 Å². The highest BCUT2D eigenvalue weighted by Gasteiger charge is 2.20. The molecule has 0 radical (unpaired) electrons. The summed E-state index contributed by atoms with van der Waals surface area (Å²) >= 11 is 1.96. The number of hydrogen-bond acceptors (Lipinski definition) is 2. The second-order valence-electron chi connectivity index (χ2n) is 6.86. The highest BCUT2D eigenvalue weighted by Crippen LogP contribution is 2.35. The Balaban J connectivity index is 1.66. The molecule has 0 aliphatic heterocycles. The number of thiophene rings is 1. The van der Waals surface area contributed by atoms with Crippen LogP contribution in [0, 0.1) is 18.8 Å². The fourth-order valence-electron chi connectivity index (χ4n) is 3.79. The SMILES string of the molecule is Cc1c(C(C)NCC2CCCC(C)C2)sc2ccccc12. The van der Waals surface area contributed by atoms with Crippen molar-refractivity contribution < 1.29 is 0 Å². The first kappa shape index (κ1) is 15.1. The minimum atomic E-state index is 0.472. The number of hydrogen-bond donors (Lipinski definition) is 1. The van der Waals surface area contributed by atoms with Gasteiger partial charge >= 0.3 is 0 Å². The maximum Gasteiger partial charge on any atom is 0.0389 e. The Kier molecular flexibility index (Phi) is 4.66. The molecule has 0 saturated heterocycles. The summed E-state index contributed by atoms with van der Waals surface area (Å²) in [4.78, 5) is 1.51. The number of fused-ring (bicyclic) bond motifs is 1. The molecule has 0 bridgehead atoms. The highest BCUT2D eigenvalue weighted by molar-refractivity contribution is 7.19. The summed E-state index contributed by atoms with van der Waals surface area (Å²) in [5, 5.41) is 5.23. The van der Waals surface area contributed by atoms with Crippen LogP contribution >= 0.6 is 11.3 Å². The van der Waals surface area contributed by atoms with E-state index in [2.05, 4.69) is 50.4 Å². The van der Waals surface area contributed by atoms with Crippen LogP contribution in [0.4, 0.5) is 0 Å². The summed E-state index contributed by atoms with van der Waals surface area (Å²) in [5.41, 5.74) is 1.47. The third kappa shape index (κ3) is 3.32. The average molecular weight is 301 g/mol. The van der Waals surface area contributed by atoms with Crippen LogP contribution in [-0.2, 0) is 0 Å². The van der Waals surface area contributed by atoms with Gasteiger partial charge in [-0.05, 0) is 62.1 Å². The second kappa shape index (κ2) is 6.50. The predicted molar refractivity (Wildman–Crippen MR) is 94.1 cm³/mol. The van der Waals surface area contributed by atoms with Crippen molar-refractivity contribution >= 4 is 21.4 Å². The standard InChI is InChI=1S/C19H27NS/c1-13-7-6-8-16(11-13)12-20-15(3)19-14(2)17-9-4-5-10-18(17)21-19/h4-5,9-10,13,15-16,20H,6-8,11-12H2,1-3H3. The van der Waals surface area contributed by atoms with E-state index in [1.54, 1.807) is 0 Å². The summed E-state index contributed by atoms with van der Waals surface area (Å²) < 4.78 is 1.42. The lowest BCUT2D eigenvalue weighted by atomic mass is 9.82. The van der Waals surface area contributed by atoms with E-state index in [0.29, 0.717) is 6.04 Å². The zero-order chi connectivity index (χ0) is 14.8. The molecule has 1 nitrogen and oxygen atoms in total. The molecule has 2 aromatic rings. The molecule has 114 valence electrons. The van der Waals surface area contributed by atoms with Gasteiger partial charge in [-0.15, -0.1) is 11.3 Å². The molecule has 1 aromatic carbocycles. The molecule has 1 heterocycles. The van der Waals surface area contributed by atoms with Gasteiger partial charge in [-0.3, -0.25) is 0 Å². The minimum absolute atomic E-state index is 0.472. The maximum absolute atomic E-state index is 3.80. The minimum Gasteiger partial charge on any atom is -0.309 e. The van der Waals surface area contributed by atoms with E-state index >= 15 is 0 Å². The van der Waals surface area contributed by atoms with E-state index in [4.69, 9.17) is 0 Å². The molecule has 1 aromatic heterocycles. The van der Waals surface area contributed by atoms with Gasteiger partial charge in [0, 0.05) is 15.6 Å². The molecule has 3 rings (SSSR count). The average Bonchev–Trinajstić information content (AvgIpc) is 2.83. The van der Waals surface area contributed by atoms with Crippen LogP contribution in [0.5, 0.6) is 0 Å². The number of nitrogens with one attached hydrogen (secondary N) is 1. The van der Waals surface area contributed by atoms with E-state index < -0.39 is 0 Å². The molecule has 21 heavy (non-hydrogen) atoms. The molecule has 3 unspecified atom stereocenters. The smallest absolute Gasteiger partial charge is 0.0389 e. The van der Waals surface area contributed by atoms with Gasteiger partial charge in [0.15, 0.2) is 0 Å². The van der Waals surface area contributed by atoms with Gasteiger partial charge < -0.3 is 5.32 Å². The molecule has 0 spiro atoms. The van der Waals surface area contributed by atoms with Crippen molar-refractivity contribution in [3.63, 3.8) is 0 Å². The van der Waals surface area contributed by atoms with Crippen LogP contribution in [0.3, 0.4) is 0 Å². The zero-order valence-corrected chi connectivity index (χ0v) is 14.3. The Morgan fingerprint density at radius 3 is 2.86 bits per heavy atom. The van der Waals surface area contributed by atoms with Gasteiger partial charge in [0.2, 0.25) is 0 Å². The van der Waals surface area contributed by atoms with Gasteiger partial charge in [0.05, 0.1) is 0 Å². The Morgan fingerprint density at radius 2 is 2.10 bits per heavy atom. The Morgan fingerprint density at radius 1 is 1.29 bits per heavy atom. The lowest BCUT2D eigenvalue weighted by Crippen LogP contribution is -2.28. The fraction of sp³-hybridized carbons (Fsp3) is 0.579. The maximum atomic E-state index is 3.80. The van der Waals surface area contributed by atoms with Crippen LogP contribution in [0.25, 0.3) is 10.1 Å². The van der Waals surface area contributed by atoms with E-state index in [1.165, 1.54) is 52.8 Å². The van der Waals surface area contributed by atoms with Crippen molar-refractivity contribution in [1.82, 2.24) is 5.32 Å². The van der Waals surface area contributed by atoms with Crippen molar-refractivity contribution in [2.75, 3.05) is 6.54 Å². The highest BCUT2D eigenvalue weighted by atomic mass is 32.1.